The zero-order chi connectivity index (χ0) is 29.4. The topological polar surface area (TPSA) is 107 Å². The number of fused-ring (bicyclic) bond motifs is 4. The number of aromatic nitrogens is 2. The molecule has 206 valence electrons. The number of hydrogen-bond donors (Lipinski definition) is 2. The van der Waals surface area contributed by atoms with Gasteiger partial charge in [-0.05, 0) is 90.4 Å². The van der Waals surface area contributed by atoms with E-state index in [2.05, 4.69) is 0 Å². The molecule has 1 aliphatic carbocycles. The Labute approximate surface area is 241 Å². The molecule has 0 saturated carbocycles. The van der Waals surface area contributed by atoms with Crippen LogP contribution in [-0.2, 0) is 19.1 Å². The summed E-state index contributed by atoms with van der Waals surface area (Å²) in [6.45, 7) is 5.30. The number of nitrogens with zero attached hydrogens (tertiary/aromatic N) is 2. The summed E-state index contributed by atoms with van der Waals surface area (Å²) < 4.78 is 2.66. The van der Waals surface area contributed by atoms with Crippen LogP contribution in [0.3, 0.4) is 0 Å². The first kappa shape index (κ1) is 26.7. The summed E-state index contributed by atoms with van der Waals surface area (Å²) >= 11 is 6.92. The van der Waals surface area contributed by atoms with Crippen molar-refractivity contribution in [2.24, 2.45) is 12.8 Å². The second-order valence-corrected chi connectivity index (χ2v) is 11.5. The average Bonchev–Trinajstić information content (AvgIpc) is 3.31. The van der Waals surface area contributed by atoms with Gasteiger partial charge in [0.25, 0.3) is 5.56 Å². The minimum Gasteiger partial charge on any atom is -0.386 e. The van der Waals surface area contributed by atoms with Crippen molar-refractivity contribution in [1.82, 2.24) is 9.13 Å². The number of carbonyl (C=O) groups is 1. The van der Waals surface area contributed by atoms with E-state index in [-0.39, 0.29) is 0 Å². The van der Waals surface area contributed by atoms with E-state index in [9.17, 15) is 19.5 Å². The number of rotatable bonds is 4. The standard InChI is InChI=1S/C33H28ClN3O4/c1-17-20(9-7-11-26(17)37-31(39)22-8-5-6-10-27(22)36(4)32(37)40)29-25(34)16-24(30(35)38)23-15-18-14-19(33(2,3)41)12-13-21(18)28(23)29/h5-14,16,41H,15H2,1-4H3,(H2,35,38). The lowest BCUT2D eigenvalue weighted by Crippen LogP contribution is -2.38. The zero-order valence-corrected chi connectivity index (χ0v) is 23.8. The Morgan fingerprint density at radius 1 is 0.976 bits per heavy atom. The molecule has 1 heterocycles. The first-order valence-corrected chi connectivity index (χ1v) is 13.6. The van der Waals surface area contributed by atoms with Gasteiger partial charge in [0.1, 0.15) is 0 Å². The molecule has 0 spiro atoms. The third kappa shape index (κ3) is 4.04. The molecule has 0 saturated heterocycles. The van der Waals surface area contributed by atoms with Crippen LogP contribution in [0.5, 0.6) is 0 Å². The molecule has 8 heteroatoms. The van der Waals surface area contributed by atoms with E-state index in [1.807, 2.05) is 31.2 Å². The van der Waals surface area contributed by atoms with E-state index in [1.54, 1.807) is 63.4 Å². The number of halogens is 1. The van der Waals surface area contributed by atoms with Gasteiger partial charge in [0.05, 0.1) is 22.2 Å². The molecule has 0 bridgehead atoms. The molecule has 0 unspecified atom stereocenters. The Morgan fingerprint density at radius 2 is 1.71 bits per heavy atom. The second kappa shape index (κ2) is 9.29. The summed E-state index contributed by atoms with van der Waals surface area (Å²) in [4.78, 5) is 39.6. The lowest BCUT2D eigenvalue weighted by atomic mass is 9.88. The van der Waals surface area contributed by atoms with Crippen molar-refractivity contribution in [2.75, 3.05) is 0 Å². The number of benzene rings is 4. The summed E-state index contributed by atoms with van der Waals surface area (Å²) in [5, 5.41) is 11.4. The van der Waals surface area contributed by atoms with E-state index in [0.29, 0.717) is 44.7 Å². The number of nitrogens with two attached hydrogens (primary N) is 1. The van der Waals surface area contributed by atoms with Crippen LogP contribution in [0, 0.1) is 6.92 Å². The monoisotopic (exact) mass is 565 g/mol. The Bertz CT molecular complexity index is 2070. The van der Waals surface area contributed by atoms with Crippen molar-refractivity contribution in [3.8, 4) is 27.9 Å². The van der Waals surface area contributed by atoms with Crippen LogP contribution in [0.2, 0.25) is 5.02 Å². The summed E-state index contributed by atoms with van der Waals surface area (Å²) in [6, 6.07) is 19.8. The molecule has 6 rings (SSSR count). The zero-order valence-electron chi connectivity index (χ0n) is 23.1. The maximum absolute atomic E-state index is 13.6. The largest absolute Gasteiger partial charge is 0.386 e. The van der Waals surface area contributed by atoms with Gasteiger partial charge in [-0.2, -0.15) is 0 Å². The van der Waals surface area contributed by atoms with Crippen LogP contribution >= 0.6 is 11.6 Å². The van der Waals surface area contributed by atoms with E-state index in [4.69, 9.17) is 17.3 Å². The van der Waals surface area contributed by atoms with Gasteiger partial charge in [-0.25, -0.2) is 9.36 Å². The molecule has 1 aliphatic rings. The van der Waals surface area contributed by atoms with E-state index in [1.165, 1.54) is 9.13 Å². The first-order chi connectivity index (χ1) is 19.4. The van der Waals surface area contributed by atoms with Gasteiger partial charge >= 0.3 is 5.69 Å². The van der Waals surface area contributed by atoms with Crippen LogP contribution in [0.15, 0.2) is 76.3 Å². The predicted molar refractivity (Wildman–Crippen MR) is 162 cm³/mol. The van der Waals surface area contributed by atoms with Crippen molar-refractivity contribution in [3.63, 3.8) is 0 Å². The van der Waals surface area contributed by atoms with Crippen LogP contribution < -0.4 is 17.0 Å². The van der Waals surface area contributed by atoms with Crippen LogP contribution in [-0.4, -0.2) is 20.1 Å². The van der Waals surface area contributed by atoms with Crippen molar-refractivity contribution >= 4 is 28.4 Å². The molecule has 1 aromatic heterocycles. The van der Waals surface area contributed by atoms with Gasteiger partial charge in [0.2, 0.25) is 5.91 Å². The molecule has 0 aliphatic heterocycles. The van der Waals surface area contributed by atoms with Crippen molar-refractivity contribution < 1.29 is 9.90 Å². The van der Waals surface area contributed by atoms with E-state index >= 15 is 0 Å². The highest BCUT2D eigenvalue weighted by atomic mass is 35.5. The number of para-hydroxylation sites is 1. The maximum Gasteiger partial charge on any atom is 0.335 e. The van der Waals surface area contributed by atoms with Crippen LogP contribution in [0.25, 0.3) is 38.8 Å². The molecule has 5 aromatic rings. The molecule has 0 radical (unpaired) electrons. The predicted octanol–water partition coefficient (Wildman–Crippen LogP) is 5.22. The molecule has 0 fully saturated rings. The third-order valence-corrected chi connectivity index (χ3v) is 8.39. The lowest BCUT2D eigenvalue weighted by Gasteiger charge is -2.20. The van der Waals surface area contributed by atoms with Gasteiger partial charge < -0.3 is 10.8 Å². The van der Waals surface area contributed by atoms with Crippen LogP contribution in [0.4, 0.5) is 0 Å². The average molecular weight is 566 g/mol. The van der Waals surface area contributed by atoms with Crippen LogP contribution in [0.1, 0.15) is 46.5 Å². The van der Waals surface area contributed by atoms with Gasteiger partial charge in [-0.15, -0.1) is 0 Å². The third-order valence-electron chi connectivity index (χ3n) is 8.09. The highest BCUT2D eigenvalue weighted by Gasteiger charge is 2.31. The number of aliphatic hydroxyl groups is 1. The van der Waals surface area contributed by atoms with Gasteiger partial charge in [0, 0.05) is 23.2 Å². The minimum absolute atomic E-state index is 0.330. The fraction of sp³-hybridized carbons (Fsp3) is 0.182. The van der Waals surface area contributed by atoms with Gasteiger partial charge in [-0.3, -0.25) is 14.2 Å². The molecular weight excluding hydrogens is 538 g/mol. The number of primary amides is 1. The van der Waals surface area contributed by atoms with Crippen molar-refractivity contribution in [1.29, 1.82) is 0 Å². The smallest absolute Gasteiger partial charge is 0.335 e. The number of hydrogen-bond acceptors (Lipinski definition) is 4. The Hall–Kier alpha value is -4.46. The normalized spacial score (nSPS) is 12.4. The fourth-order valence-electron chi connectivity index (χ4n) is 5.97. The highest BCUT2D eigenvalue weighted by molar-refractivity contribution is 6.35. The Balaban J connectivity index is 1.65. The maximum atomic E-state index is 13.6. The van der Waals surface area contributed by atoms with E-state index in [0.717, 1.165) is 33.4 Å². The molecular formula is C33H28ClN3O4. The highest BCUT2D eigenvalue weighted by Crippen LogP contribution is 2.49. The second-order valence-electron chi connectivity index (χ2n) is 11.1. The van der Waals surface area contributed by atoms with Crippen molar-refractivity contribution in [2.45, 2.75) is 32.8 Å². The fourth-order valence-corrected chi connectivity index (χ4v) is 6.27. The summed E-state index contributed by atoms with van der Waals surface area (Å²) in [6.07, 6.45) is 0.445. The van der Waals surface area contributed by atoms with Gasteiger partial charge in [-0.1, -0.05) is 54.1 Å². The number of aryl methyl sites for hydroxylation is 1. The molecule has 0 atom stereocenters. The summed E-state index contributed by atoms with van der Waals surface area (Å²) in [5.41, 5.74) is 11.4. The molecule has 3 N–H and O–H groups in total. The first-order valence-electron chi connectivity index (χ1n) is 13.2. The molecule has 1 amide bonds. The summed E-state index contributed by atoms with van der Waals surface area (Å²) in [7, 11) is 1.64. The Morgan fingerprint density at radius 3 is 2.41 bits per heavy atom. The van der Waals surface area contributed by atoms with Gasteiger partial charge in [0.15, 0.2) is 0 Å². The molecule has 4 aromatic carbocycles. The SMILES string of the molecule is Cc1c(-c2c(Cl)cc(C(N)=O)c3c2-c2ccc(C(C)(C)O)cc2C3)cccc1-n1c(=O)c2ccccc2n(C)c1=O. The minimum atomic E-state index is -1.04. The summed E-state index contributed by atoms with van der Waals surface area (Å²) in [5.74, 6) is -0.582. The quantitative estimate of drug-likeness (QED) is 0.306. The number of amides is 1. The lowest BCUT2D eigenvalue weighted by molar-refractivity contribution is 0.0785. The number of carbonyl (C=O) groups excluding carboxylic acids is 1. The molecule has 41 heavy (non-hydrogen) atoms. The van der Waals surface area contributed by atoms with Crippen molar-refractivity contribution in [3.05, 3.63) is 120 Å². The Kier molecular flexibility index (Phi) is 6.06. The molecule has 7 nitrogen and oxygen atoms in total. The van der Waals surface area contributed by atoms with E-state index < -0.39 is 22.8 Å².